The second kappa shape index (κ2) is 10.4. The van der Waals surface area contributed by atoms with Gasteiger partial charge in [0.25, 0.3) is 0 Å². The first kappa shape index (κ1) is 22.0. The monoisotopic (exact) mass is 438 g/mol. The number of rotatable bonds is 8. The van der Waals surface area contributed by atoms with Crippen LogP contribution in [0.5, 0.6) is 11.5 Å². The average Bonchev–Trinajstić information content (AvgIpc) is 2.86. The lowest BCUT2D eigenvalue weighted by atomic mass is 10.0. The molecule has 0 radical (unpaired) electrons. The van der Waals surface area contributed by atoms with Crippen LogP contribution in [0.2, 0.25) is 0 Å². The van der Waals surface area contributed by atoms with Crippen LogP contribution in [0.4, 0.5) is 4.39 Å². The summed E-state index contributed by atoms with van der Waals surface area (Å²) in [5.41, 5.74) is 4.29. The van der Waals surface area contributed by atoms with Crippen LogP contribution in [0.25, 0.3) is 22.3 Å². The molecule has 4 heteroatoms. The van der Waals surface area contributed by atoms with Crippen molar-refractivity contribution in [2.75, 3.05) is 6.61 Å². The molecule has 0 atom stereocenters. The Morgan fingerprint density at radius 2 is 1.15 bits per heavy atom. The summed E-state index contributed by atoms with van der Waals surface area (Å²) < 4.78 is 24.2. The Balaban J connectivity index is 1.38. The van der Waals surface area contributed by atoms with Gasteiger partial charge >= 0.3 is 5.97 Å². The molecule has 0 heterocycles. The minimum Gasteiger partial charge on any atom is -0.493 e. The third-order valence-corrected chi connectivity index (χ3v) is 5.14. The molecule has 0 aromatic heterocycles. The van der Waals surface area contributed by atoms with Gasteiger partial charge < -0.3 is 9.47 Å². The lowest BCUT2D eigenvalue weighted by molar-refractivity contribution is 0.0735. The van der Waals surface area contributed by atoms with E-state index in [2.05, 4.69) is 6.58 Å². The summed E-state index contributed by atoms with van der Waals surface area (Å²) in [6.07, 6.45) is 2.63. The summed E-state index contributed by atoms with van der Waals surface area (Å²) in [4.78, 5) is 12.5. The van der Waals surface area contributed by atoms with Gasteiger partial charge in [0.05, 0.1) is 12.2 Å². The Morgan fingerprint density at radius 3 is 1.67 bits per heavy atom. The molecule has 0 spiro atoms. The van der Waals surface area contributed by atoms with Crippen molar-refractivity contribution in [3.05, 3.63) is 121 Å². The standard InChI is InChI=1S/C29H23FO3/c1-2-3-20-32-27-16-10-23(11-17-27)21-4-6-25(7-5-21)29(31)33-28-18-12-24(13-19-28)22-8-14-26(30)15-9-22/h2,4-19H,1,3,20H2. The first-order chi connectivity index (χ1) is 16.1. The molecule has 0 N–H and O–H groups in total. The van der Waals surface area contributed by atoms with Gasteiger partial charge in [0.2, 0.25) is 0 Å². The van der Waals surface area contributed by atoms with Crippen LogP contribution in [0.15, 0.2) is 110 Å². The highest BCUT2D eigenvalue weighted by Crippen LogP contribution is 2.25. The van der Waals surface area contributed by atoms with Gasteiger partial charge in [-0.15, -0.1) is 6.58 Å². The first-order valence-corrected chi connectivity index (χ1v) is 10.6. The topological polar surface area (TPSA) is 35.5 Å². The Bertz CT molecular complexity index is 1210. The predicted molar refractivity (Wildman–Crippen MR) is 129 cm³/mol. The lowest BCUT2D eigenvalue weighted by Crippen LogP contribution is -2.08. The molecule has 0 saturated heterocycles. The SMILES string of the molecule is C=CCCOc1ccc(-c2ccc(C(=O)Oc3ccc(-c4ccc(F)cc4)cc3)cc2)cc1. The van der Waals surface area contributed by atoms with Crippen molar-refractivity contribution < 1.29 is 18.7 Å². The molecule has 0 bridgehead atoms. The summed E-state index contributed by atoms with van der Waals surface area (Å²) in [6, 6.07) is 28.5. The molecule has 0 fully saturated rings. The molecule has 3 nitrogen and oxygen atoms in total. The van der Waals surface area contributed by atoms with Gasteiger partial charge in [-0.05, 0) is 77.2 Å². The molecule has 4 rings (SSSR count). The molecule has 4 aromatic carbocycles. The summed E-state index contributed by atoms with van der Waals surface area (Å²) in [5.74, 6) is 0.552. The average molecular weight is 438 g/mol. The maximum absolute atomic E-state index is 13.1. The minimum atomic E-state index is -0.429. The van der Waals surface area contributed by atoms with Crippen molar-refractivity contribution in [1.29, 1.82) is 0 Å². The van der Waals surface area contributed by atoms with Crippen LogP contribution >= 0.6 is 0 Å². The molecule has 33 heavy (non-hydrogen) atoms. The van der Waals surface area contributed by atoms with E-state index in [4.69, 9.17) is 9.47 Å². The molecule has 0 saturated carbocycles. The van der Waals surface area contributed by atoms with E-state index in [0.29, 0.717) is 17.9 Å². The molecule has 164 valence electrons. The Hall–Kier alpha value is -4.18. The highest BCUT2D eigenvalue weighted by molar-refractivity contribution is 5.91. The highest BCUT2D eigenvalue weighted by atomic mass is 19.1. The fourth-order valence-corrected chi connectivity index (χ4v) is 3.33. The Labute approximate surface area is 192 Å². The third kappa shape index (κ3) is 5.74. The van der Waals surface area contributed by atoms with E-state index >= 15 is 0 Å². The first-order valence-electron chi connectivity index (χ1n) is 10.6. The van der Waals surface area contributed by atoms with Crippen molar-refractivity contribution >= 4 is 5.97 Å². The van der Waals surface area contributed by atoms with Crippen LogP contribution in [0.1, 0.15) is 16.8 Å². The van der Waals surface area contributed by atoms with Gasteiger partial charge in [-0.25, -0.2) is 9.18 Å². The number of halogens is 1. The van der Waals surface area contributed by atoms with Crippen LogP contribution in [-0.2, 0) is 0 Å². The molecule has 0 amide bonds. The van der Waals surface area contributed by atoms with Gasteiger partial charge in [0.15, 0.2) is 0 Å². The quantitative estimate of drug-likeness (QED) is 0.125. The van der Waals surface area contributed by atoms with Gasteiger partial charge in [0.1, 0.15) is 17.3 Å². The van der Waals surface area contributed by atoms with Gasteiger partial charge in [-0.3, -0.25) is 0 Å². The van der Waals surface area contributed by atoms with E-state index in [9.17, 15) is 9.18 Å². The number of hydrogen-bond donors (Lipinski definition) is 0. The van der Waals surface area contributed by atoms with Crippen molar-refractivity contribution in [2.24, 2.45) is 0 Å². The van der Waals surface area contributed by atoms with Crippen molar-refractivity contribution in [3.8, 4) is 33.8 Å². The fraction of sp³-hybridized carbons (Fsp3) is 0.0690. The highest BCUT2D eigenvalue weighted by Gasteiger charge is 2.10. The third-order valence-electron chi connectivity index (χ3n) is 5.14. The van der Waals surface area contributed by atoms with E-state index in [1.165, 1.54) is 12.1 Å². The Kier molecular flexibility index (Phi) is 6.96. The minimum absolute atomic E-state index is 0.277. The van der Waals surface area contributed by atoms with Gasteiger partial charge in [-0.1, -0.05) is 54.6 Å². The molecule has 0 unspecified atom stereocenters. The van der Waals surface area contributed by atoms with Crippen molar-refractivity contribution in [3.63, 3.8) is 0 Å². The second-order valence-electron chi connectivity index (χ2n) is 7.45. The van der Waals surface area contributed by atoms with Crippen molar-refractivity contribution in [2.45, 2.75) is 6.42 Å². The number of carbonyl (C=O) groups is 1. The molecular weight excluding hydrogens is 415 g/mol. The van der Waals surface area contributed by atoms with E-state index in [0.717, 1.165) is 34.4 Å². The van der Waals surface area contributed by atoms with E-state index in [1.54, 1.807) is 36.4 Å². The molecule has 0 aliphatic heterocycles. The number of ether oxygens (including phenoxy) is 2. The van der Waals surface area contributed by atoms with Crippen LogP contribution in [0, 0.1) is 5.82 Å². The number of esters is 1. The molecule has 0 aliphatic rings. The number of hydrogen-bond acceptors (Lipinski definition) is 3. The fourth-order valence-electron chi connectivity index (χ4n) is 3.33. The number of benzene rings is 4. The Morgan fingerprint density at radius 1 is 0.697 bits per heavy atom. The second-order valence-corrected chi connectivity index (χ2v) is 7.45. The zero-order valence-corrected chi connectivity index (χ0v) is 18.0. The zero-order chi connectivity index (χ0) is 23.0. The van der Waals surface area contributed by atoms with Gasteiger partial charge in [-0.2, -0.15) is 0 Å². The largest absolute Gasteiger partial charge is 0.493 e. The smallest absolute Gasteiger partial charge is 0.343 e. The maximum Gasteiger partial charge on any atom is 0.343 e. The van der Waals surface area contributed by atoms with Crippen LogP contribution in [0.3, 0.4) is 0 Å². The lowest BCUT2D eigenvalue weighted by Gasteiger charge is -2.08. The van der Waals surface area contributed by atoms with Crippen LogP contribution in [-0.4, -0.2) is 12.6 Å². The summed E-state index contributed by atoms with van der Waals surface area (Å²) in [7, 11) is 0. The van der Waals surface area contributed by atoms with Crippen molar-refractivity contribution in [1.82, 2.24) is 0 Å². The van der Waals surface area contributed by atoms with Crippen LogP contribution < -0.4 is 9.47 Å². The molecular formula is C29H23FO3. The number of carbonyl (C=O) groups excluding carboxylic acids is 1. The molecule has 4 aromatic rings. The summed E-state index contributed by atoms with van der Waals surface area (Å²) in [5, 5.41) is 0. The van der Waals surface area contributed by atoms with E-state index < -0.39 is 5.97 Å². The summed E-state index contributed by atoms with van der Waals surface area (Å²) in [6.45, 7) is 4.29. The normalized spacial score (nSPS) is 10.5. The predicted octanol–water partition coefficient (Wildman–Crippen LogP) is 7.33. The zero-order valence-electron chi connectivity index (χ0n) is 18.0. The summed E-state index contributed by atoms with van der Waals surface area (Å²) >= 11 is 0. The molecule has 0 aliphatic carbocycles. The maximum atomic E-state index is 13.1. The van der Waals surface area contributed by atoms with E-state index in [1.807, 2.05) is 54.6 Å². The van der Waals surface area contributed by atoms with Gasteiger partial charge in [0, 0.05) is 0 Å². The van der Waals surface area contributed by atoms with E-state index in [-0.39, 0.29) is 5.82 Å².